The summed E-state index contributed by atoms with van der Waals surface area (Å²) in [5.74, 6) is 1.56. The van der Waals surface area contributed by atoms with Crippen molar-refractivity contribution in [3.63, 3.8) is 0 Å². The van der Waals surface area contributed by atoms with Gasteiger partial charge in [0.1, 0.15) is 11.4 Å². The van der Waals surface area contributed by atoms with Gasteiger partial charge in [0.05, 0.1) is 17.2 Å². The Morgan fingerprint density at radius 1 is 1.38 bits per heavy atom. The van der Waals surface area contributed by atoms with Crippen molar-refractivity contribution in [1.29, 1.82) is 0 Å². The third-order valence-electron chi connectivity index (χ3n) is 2.39. The number of nitrogens with one attached hydrogen (secondary N) is 1. The smallest absolute Gasteiger partial charge is 0.139 e. The quantitative estimate of drug-likeness (QED) is 0.854. The van der Waals surface area contributed by atoms with Gasteiger partial charge in [-0.1, -0.05) is 0 Å². The molecule has 86 valence electrons. The molecule has 16 heavy (non-hydrogen) atoms. The summed E-state index contributed by atoms with van der Waals surface area (Å²) in [6.07, 6.45) is 3.33. The Kier molecular flexibility index (Phi) is 3.26. The molecule has 1 N–H and O–H groups in total. The van der Waals surface area contributed by atoms with E-state index in [1.165, 1.54) is 0 Å². The van der Waals surface area contributed by atoms with Gasteiger partial charge in [0, 0.05) is 18.0 Å². The molecule has 0 radical (unpaired) electrons. The van der Waals surface area contributed by atoms with Crippen LogP contribution in [-0.2, 0) is 0 Å². The van der Waals surface area contributed by atoms with E-state index in [0.29, 0.717) is 11.8 Å². The van der Waals surface area contributed by atoms with Crippen LogP contribution in [-0.4, -0.2) is 22.3 Å². The summed E-state index contributed by atoms with van der Waals surface area (Å²) in [6, 6.07) is 3.69. The van der Waals surface area contributed by atoms with Crippen molar-refractivity contribution < 1.29 is 4.42 Å². The van der Waals surface area contributed by atoms with Crippen molar-refractivity contribution in [2.75, 3.05) is 17.1 Å². The molecule has 0 saturated heterocycles. The van der Waals surface area contributed by atoms with Crippen LogP contribution in [0.1, 0.15) is 6.92 Å². The van der Waals surface area contributed by atoms with Gasteiger partial charge in [0.15, 0.2) is 0 Å². The number of hydrogen-bond acceptors (Lipinski definition) is 3. The third-order valence-corrected chi connectivity index (χ3v) is 3.57. The zero-order valence-corrected chi connectivity index (χ0v) is 10.3. The highest BCUT2D eigenvalue weighted by Crippen LogP contribution is 2.25. The van der Waals surface area contributed by atoms with E-state index in [2.05, 4.69) is 10.3 Å². The number of alkyl halides is 2. The van der Waals surface area contributed by atoms with Gasteiger partial charge in [-0.3, -0.25) is 0 Å². The van der Waals surface area contributed by atoms with E-state index in [1.54, 1.807) is 12.5 Å². The zero-order valence-electron chi connectivity index (χ0n) is 8.84. The van der Waals surface area contributed by atoms with E-state index in [4.69, 9.17) is 27.6 Å². The summed E-state index contributed by atoms with van der Waals surface area (Å²) in [7, 11) is 0. The Balaban J connectivity index is 2.37. The Bertz CT molecular complexity index is 480. The average molecular weight is 259 g/mol. The monoisotopic (exact) mass is 258 g/mol. The highest BCUT2D eigenvalue weighted by molar-refractivity contribution is 6.22. The van der Waals surface area contributed by atoms with Gasteiger partial charge in [-0.2, -0.15) is 0 Å². The molecule has 0 aliphatic rings. The molecule has 0 fully saturated rings. The van der Waals surface area contributed by atoms with Crippen molar-refractivity contribution in [1.82, 2.24) is 4.98 Å². The fourth-order valence-electron chi connectivity index (χ4n) is 1.38. The van der Waals surface area contributed by atoms with Gasteiger partial charge in [-0.05, 0) is 19.1 Å². The van der Waals surface area contributed by atoms with Crippen LogP contribution < -0.4 is 5.32 Å². The lowest BCUT2D eigenvalue weighted by Gasteiger charge is -2.26. The Hall–Kier alpha value is -0.930. The molecule has 2 rings (SSSR count). The lowest BCUT2D eigenvalue weighted by atomic mass is 10.1. The maximum atomic E-state index is 5.89. The van der Waals surface area contributed by atoms with E-state index in [0.717, 1.165) is 16.8 Å². The number of fused-ring (bicyclic) bond motifs is 1. The summed E-state index contributed by atoms with van der Waals surface area (Å²) in [5.41, 5.74) is 0.422. The summed E-state index contributed by atoms with van der Waals surface area (Å²) in [4.78, 5) is 4.27. The second-order valence-corrected chi connectivity index (χ2v) is 4.48. The SMILES string of the molecule is CC(CCl)(CCl)Nc1nccc2occc12. The second kappa shape index (κ2) is 4.52. The molecule has 0 aliphatic carbocycles. The molecule has 2 aromatic rings. The Morgan fingerprint density at radius 2 is 2.12 bits per heavy atom. The van der Waals surface area contributed by atoms with E-state index in [-0.39, 0.29) is 5.54 Å². The molecule has 0 aliphatic heterocycles. The van der Waals surface area contributed by atoms with Crippen LogP contribution in [0.3, 0.4) is 0 Å². The van der Waals surface area contributed by atoms with Crippen LogP contribution in [0, 0.1) is 0 Å². The first kappa shape index (κ1) is 11.6. The predicted octanol–water partition coefficient (Wildman–Crippen LogP) is 3.48. The molecule has 0 atom stereocenters. The first-order valence-corrected chi connectivity index (χ1v) is 5.98. The standard InChI is InChI=1S/C11H12Cl2N2O/c1-11(6-12,7-13)15-10-8-3-5-16-9(8)2-4-14-10/h2-5H,6-7H2,1H3,(H,14,15). The highest BCUT2D eigenvalue weighted by atomic mass is 35.5. The minimum Gasteiger partial charge on any atom is -0.464 e. The molecule has 5 heteroatoms. The lowest BCUT2D eigenvalue weighted by Crippen LogP contribution is -2.39. The molecule has 0 amide bonds. The lowest BCUT2D eigenvalue weighted by molar-refractivity contribution is 0.615. The first-order valence-electron chi connectivity index (χ1n) is 4.91. The largest absolute Gasteiger partial charge is 0.464 e. The van der Waals surface area contributed by atoms with Crippen LogP contribution in [0.15, 0.2) is 29.0 Å². The van der Waals surface area contributed by atoms with Gasteiger partial charge in [0.2, 0.25) is 0 Å². The normalized spacial score (nSPS) is 11.9. The summed E-state index contributed by atoms with van der Waals surface area (Å²) >= 11 is 11.8. The van der Waals surface area contributed by atoms with Gasteiger partial charge < -0.3 is 9.73 Å². The van der Waals surface area contributed by atoms with Crippen LogP contribution in [0.4, 0.5) is 5.82 Å². The Morgan fingerprint density at radius 3 is 2.81 bits per heavy atom. The van der Waals surface area contributed by atoms with Crippen LogP contribution in [0.2, 0.25) is 0 Å². The third kappa shape index (κ3) is 2.11. The van der Waals surface area contributed by atoms with Crippen molar-refractivity contribution in [2.24, 2.45) is 0 Å². The maximum Gasteiger partial charge on any atom is 0.139 e. The van der Waals surface area contributed by atoms with Gasteiger partial charge in [0.25, 0.3) is 0 Å². The van der Waals surface area contributed by atoms with E-state index < -0.39 is 0 Å². The summed E-state index contributed by atoms with van der Waals surface area (Å²) in [5, 5.41) is 4.18. The number of pyridine rings is 1. The van der Waals surface area contributed by atoms with Crippen molar-refractivity contribution in [3.05, 3.63) is 24.6 Å². The molecule has 3 nitrogen and oxygen atoms in total. The molecule has 0 aromatic carbocycles. The van der Waals surface area contributed by atoms with E-state index >= 15 is 0 Å². The van der Waals surface area contributed by atoms with Crippen molar-refractivity contribution >= 4 is 40.0 Å². The number of hydrogen-bond donors (Lipinski definition) is 1. The molecule has 0 saturated carbocycles. The average Bonchev–Trinajstić information content (AvgIpc) is 2.78. The van der Waals surface area contributed by atoms with Crippen LogP contribution in [0.5, 0.6) is 0 Å². The molecule has 2 aromatic heterocycles. The van der Waals surface area contributed by atoms with Crippen LogP contribution >= 0.6 is 23.2 Å². The fraction of sp³-hybridized carbons (Fsp3) is 0.364. The van der Waals surface area contributed by atoms with Gasteiger partial charge in [-0.15, -0.1) is 23.2 Å². The molecule has 2 heterocycles. The van der Waals surface area contributed by atoms with E-state index in [9.17, 15) is 0 Å². The molecular formula is C11H12Cl2N2O. The van der Waals surface area contributed by atoms with Crippen LogP contribution in [0.25, 0.3) is 11.0 Å². The van der Waals surface area contributed by atoms with Crippen molar-refractivity contribution in [2.45, 2.75) is 12.5 Å². The number of aromatic nitrogens is 1. The van der Waals surface area contributed by atoms with E-state index in [1.807, 2.05) is 19.1 Å². The van der Waals surface area contributed by atoms with Gasteiger partial charge in [-0.25, -0.2) is 4.98 Å². The number of furan rings is 1. The first-order chi connectivity index (χ1) is 7.68. The molecule has 0 unspecified atom stereocenters. The molecule has 0 spiro atoms. The minimum atomic E-state index is -0.373. The predicted molar refractivity (Wildman–Crippen MR) is 67.5 cm³/mol. The summed E-state index contributed by atoms with van der Waals surface area (Å²) in [6.45, 7) is 1.95. The maximum absolute atomic E-state index is 5.89. The minimum absolute atomic E-state index is 0.373. The second-order valence-electron chi connectivity index (χ2n) is 3.94. The molecular weight excluding hydrogens is 247 g/mol. The zero-order chi connectivity index (χ0) is 11.6. The Labute approximate surface area is 104 Å². The van der Waals surface area contributed by atoms with Crippen molar-refractivity contribution in [3.8, 4) is 0 Å². The number of rotatable bonds is 4. The molecule has 0 bridgehead atoms. The number of nitrogens with zero attached hydrogens (tertiary/aromatic N) is 1. The number of anilines is 1. The fourth-order valence-corrected chi connectivity index (χ4v) is 1.80. The van der Waals surface area contributed by atoms with Gasteiger partial charge >= 0.3 is 0 Å². The highest BCUT2D eigenvalue weighted by Gasteiger charge is 2.23. The summed E-state index contributed by atoms with van der Waals surface area (Å²) < 4.78 is 5.29. The number of halogens is 2. The topological polar surface area (TPSA) is 38.1 Å².